The van der Waals surface area contributed by atoms with Gasteiger partial charge in [-0.05, 0) is 35.9 Å². The van der Waals surface area contributed by atoms with E-state index in [0.29, 0.717) is 32.6 Å². The molecule has 1 heterocycles. The summed E-state index contributed by atoms with van der Waals surface area (Å²) in [7, 11) is 1.51. The molecule has 0 saturated heterocycles. The van der Waals surface area contributed by atoms with Gasteiger partial charge in [-0.3, -0.25) is 9.59 Å². The molecule has 2 N–H and O–H groups in total. The lowest BCUT2D eigenvalue weighted by molar-refractivity contribution is -0.137. The largest absolute Gasteiger partial charge is 0.494 e. The summed E-state index contributed by atoms with van der Waals surface area (Å²) >= 11 is 12.3. The molecular weight excluding hydrogens is 427 g/mol. The molecule has 0 unspecified atom stereocenters. The minimum absolute atomic E-state index is 0.105. The number of carbonyl (C=O) groups is 2. The molecule has 0 aliphatic carbocycles. The van der Waals surface area contributed by atoms with Gasteiger partial charge >= 0.3 is 5.97 Å². The Morgan fingerprint density at radius 1 is 1.10 bits per heavy atom. The number of ether oxygens (including phenoxy) is 1. The third-order valence-corrected chi connectivity index (χ3v) is 4.95. The average Bonchev–Trinajstić information content (AvgIpc) is 2.72. The highest BCUT2D eigenvalue weighted by Crippen LogP contribution is 2.30. The van der Waals surface area contributed by atoms with Gasteiger partial charge in [0.15, 0.2) is 0 Å². The summed E-state index contributed by atoms with van der Waals surface area (Å²) in [5.74, 6) is -1.13. The van der Waals surface area contributed by atoms with Crippen molar-refractivity contribution in [1.29, 1.82) is 0 Å². The van der Waals surface area contributed by atoms with Crippen molar-refractivity contribution in [2.75, 3.05) is 7.11 Å². The van der Waals surface area contributed by atoms with Gasteiger partial charge in [-0.1, -0.05) is 53.5 Å². The standard InChI is InChI=1S/C22H18Cl2N2O4/c1-30-19-10-9-17(25-21(19)13-5-4-6-14(23)11-13)22(29)26-18(12-20(27)28)15-7-2-3-8-16(15)24/h2-11,18H,12H2,1H3,(H,26,29)(H,27,28)/t18-/m0/s1. The Labute approximate surface area is 183 Å². The maximum Gasteiger partial charge on any atom is 0.305 e. The number of hydrogen-bond donors (Lipinski definition) is 2. The van der Waals surface area contributed by atoms with Crippen LogP contribution in [0.3, 0.4) is 0 Å². The van der Waals surface area contributed by atoms with Crippen molar-refractivity contribution in [3.05, 3.63) is 82.0 Å². The van der Waals surface area contributed by atoms with Gasteiger partial charge in [-0.2, -0.15) is 0 Å². The van der Waals surface area contributed by atoms with Gasteiger partial charge in [0, 0.05) is 15.6 Å². The molecule has 3 aromatic rings. The van der Waals surface area contributed by atoms with Crippen LogP contribution in [-0.2, 0) is 4.79 Å². The summed E-state index contributed by atoms with van der Waals surface area (Å²) in [5.41, 5.74) is 1.74. The van der Waals surface area contributed by atoms with Gasteiger partial charge in [-0.25, -0.2) is 4.98 Å². The Hall–Kier alpha value is -3.09. The third-order valence-electron chi connectivity index (χ3n) is 4.37. The normalized spacial score (nSPS) is 11.6. The lowest BCUT2D eigenvalue weighted by Gasteiger charge is -2.19. The minimum atomic E-state index is -1.07. The first-order valence-electron chi connectivity index (χ1n) is 8.97. The van der Waals surface area contributed by atoms with Crippen LogP contribution in [0.2, 0.25) is 10.0 Å². The van der Waals surface area contributed by atoms with Gasteiger partial charge in [-0.15, -0.1) is 0 Å². The van der Waals surface area contributed by atoms with Crippen LogP contribution in [-0.4, -0.2) is 29.1 Å². The van der Waals surface area contributed by atoms with Gasteiger partial charge in [0.2, 0.25) is 0 Å². The van der Waals surface area contributed by atoms with Crippen molar-refractivity contribution >= 4 is 35.1 Å². The zero-order valence-corrected chi connectivity index (χ0v) is 17.4. The maximum atomic E-state index is 12.9. The number of benzene rings is 2. The molecule has 0 radical (unpaired) electrons. The number of amides is 1. The van der Waals surface area contributed by atoms with Crippen molar-refractivity contribution in [2.24, 2.45) is 0 Å². The number of carboxylic acids is 1. The molecule has 0 aliphatic heterocycles. The lowest BCUT2D eigenvalue weighted by atomic mass is 10.0. The molecule has 2 aromatic carbocycles. The zero-order valence-electron chi connectivity index (χ0n) is 15.9. The number of aromatic nitrogens is 1. The molecule has 154 valence electrons. The van der Waals surface area contributed by atoms with Crippen LogP contribution in [0.15, 0.2) is 60.7 Å². The molecule has 1 amide bonds. The number of carbonyl (C=O) groups excluding carboxylic acids is 1. The van der Waals surface area contributed by atoms with E-state index in [-0.39, 0.29) is 12.1 Å². The molecule has 0 aliphatic rings. The van der Waals surface area contributed by atoms with Crippen LogP contribution in [0.4, 0.5) is 0 Å². The van der Waals surface area contributed by atoms with E-state index in [0.717, 1.165) is 0 Å². The second-order valence-corrected chi connectivity index (χ2v) is 7.25. The van der Waals surface area contributed by atoms with Crippen LogP contribution in [0.1, 0.15) is 28.5 Å². The number of halogens is 2. The number of nitrogens with zero attached hydrogens (tertiary/aromatic N) is 1. The Kier molecular flexibility index (Phi) is 6.92. The third kappa shape index (κ3) is 5.09. The number of aliphatic carboxylic acids is 1. The number of hydrogen-bond acceptors (Lipinski definition) is 4. The van der Waals surface area contributed by atoms with E-state index in [1.165, 1.54) is 13.2 Å². The van der Waals surface area contributed by atoms with Crippen molar-refractivity contribution in [3.63, 3.8) is 0 Å². The van der Waals surface area contributed by atoms with Crippen LogP contribution >= 0.6 is 23.2 Å². The molecule has 1 atom stereocenters. The second-order valence-electron chi connectivity index (χ2n) is 6.40. The molecule has 8 heteroatoms. The summed E-state index contributed by atoms with van der Waals surface area (Å²) < 4.78 is 5.36. The average molecular weight is 445 g/mol. The predicted molar refractivity (Wildman–Crippen MR) is 115 cm³/mol. The molecule has 0 saturated carbocycles. The predicted octanol–water partition coefficient (Wildman–Crippen LogP) is 5.01. The summed E-state index contributed by atoms with van der Waals surface area (Å²) in [4.78, 5) is 28.6. The first-order valence-corrected chi connectivity index (χ1v) is 9.72. The summed E-state index contributed by atoms with van der Waals surface area (Å²) in [6, 6.07) is 16.1. The molecular formula is C22H18Cl2N2O4. The molecule has 30 heavy (non-hydrogen) atoms. The van der Waals surface area contributed by atoms with E-state index in [1.54, 1.807) is 54.6 Å². The van der Waals surface area contributed by atoms with Crippen LogP contribution in [0.5, 0.6) is 5.75 Å². The van der Waals surface area contributed by atoms with Gasteiger partial charge in [0.25, 0.3) is 5.91 Å². The van der Waals surface area contributed by atoms with Crippen LogP contribution in [0.25, 0.3) is 11.3 Å². The first-order chi connectivity index (χ1) is 14.4. The van der Waals surface area contributed by atoms with Crippen molar-refractivity contribution in [2.45, 2.75) is 12.5 Å². The van der Waals surface area contributed by atoms with E-state index in [2.05, 4.69) is 10.3 Å². The molecule has 0 spiro atoms. The topological polar surface area (TPSA) is 88.5 Å². The van der Waals surface area contributed by atoms with Crippen molar-refractivity contribution < 1.29 is 19.4 Å². The zero-order chi connectivity index (χ0) is 21.7. The van der Waals surface area contributed by atoms with Crippen LogP contribution < -0.4 is 10.1 Å². The highest BCUT2D eigenvalue weighted by Gasteiger charge is 2.22. The molecule has 0 fully saturated rings. The van der Waals surface area contributed by atoms with E-state index in [1.807, 2.05) is 0 Å². The summed E-state index contributed by atoms with van der Waals surface area (Å²) in [5, 5.41) is 12.9. The van der Waals surface area contributed by atoms with Crippen molar-refractivity contribution in [1.82, 2.24) is 10.3 Å². The molecule has 3 rings (SSSR count). The van der Waals surface area contributed by atoms with Crippen molar-refractivity contribution in [3.8, 4) is 17.0 Å². The van der Waals surface area contributed by atoms with Gasteiger partial charge in [0.1, 0.15) is 17.1 Å². The fourth-order valence-electron chi connectivity index (χ4n) is 2.98. The maximum absolute atomic E-state index is 12.9. The summed E-state index contributed by atoms with van der Waals surface area (Å²) in [6.45, 7) is 0. The number of methoxy groups -OCH3 is 1. The molecule has 6 nitrogen and oxygen atoms in total. The number of rotatable bonds is 7. The Morgan fingerprint density at radius 2 is 1.87 bits per heavy atom. The number of pyridine rings is 1. The Morgan fingerprint density at radius 3 is 2.53 bits per heavy atom. The fourth-order valence-corrected chi connectivity index (χ4v) is 3.44. The smallest absolute Gasteiger partial charge is 0.305 e. The van der Waals surface area contributed by atoms with Crippen LogP contribution in [0, 0.1) is 0 Å². The van der Waals surface area contributed by atoms with Gasteiger partial charge in [0.05, 0.1) is 19.6 Å². The second kappa shape index (κ2) is 9.61. The Balaban J connectivity index is 1.94. The molecule has 1 aromatic heterocycles. The SMILES string of the molecule is COc1ccc(C(=O)N[C@@H](CC(=O)O)c2ccccc2Cl)nc1-c1cccc(Cl)c1. The fraction of sp³-hybridized carbons (Fsp3) is 0.136. The minimum Gasteiger partial charge on any atom is -0.494 e. The van der Waals surface area contributed by atoms with E-state index in [9.17, 15) is 14.7 Å². The highest BCUT2D eigenvalue weighted by molar-refractivity contribution is 6.31. The molecule has 0 bridgehead atoms. The lowest BCUT2D eigenvalue weighted by Crippen LogP contribution is -2.31. The van der Waals surface area contributed by atoms with E-state index < -0.39 is 17.9 Å². The Bertz CT molecular complexity index is 1090. The summed E-state index contributed by atoms with van der Waals surface area (Å²) in [6.07, 6.45) is -0.327. The number of carboxylic acid groups (broad SMARTS) is 1. The quantitative estimate of drug-likeness (QED) is 0.534. The highest BCUT2D eigenvalue weighted by atomic mass is 35.5. The number of nitrogens with one attached hydrogen (secondary N) is 1. The van der Waals surface area contributed by atoms with Gasteiger partial charge < -0.3 is 15.2 Å². The van der Waals surface area contributed by atoms with E-state index in [4.69, 9.17) is 27.9 Å². The van der Waals surface area contributed by atoms with E-state index >= 15 is 0 Å². The monoisotopic (exact) mass is 444 g/mol. The first kappa shape index (κ1) is 21.6.